The van der Waals surface area contributed by atoms with Crippen LogP contribution in [0.15, 0.2) is 34.7 Å². The molecule has 0 aliphatic heterocycles. The largest absolute Gasteiger partial charge is 0.466 e. The first kappa shape index (κ1) is 14.1. The highest BCUT2D eigenvalue weighted by atomic mass is 127. The Labute approximate surface area is 126 Å². The maximum absolute atomic E-state index is 12.2. The number of rotatable bonds is 3. The number of halogens is 1. The van der Waals surface area contributed by atoms with E-state index in [1.165, 1.54) is 0 Å². The summed E-state index contributed by atoms with van der Waals surface area (Å²) >= 11 is 2.20. The lowest BCUT2D eigenvalue weighted by Gasteiger charge is -2.13. The van der Waals surface area contributed by atoms with Crippen molar-refractivity contribution in [2.75, 3.05) is 0 Å². The van der Waals surface area contributed by atoms with Gasteiger partial charge in [0.2, 0.25) is 0 Å². The van der Waals surface area contributed by atoms with Gasteiger partial charge in [-0.15, -0.1) is 0 Å². The average molecular weight is 369 g/mol. The van der Waals surface area contributed by atoms with E-state index in [2.05, 4.69) is 27.9 Å². The number of furan rings is 1. The van der Waals surface area contributed by atoms with E-state index in [4.69, 9.17) is 4.42 Å². The van der Waals surface area contributed by atoms with Crippen molar-refractivity contribution in [2.45, 2.75) is 26.8 Å². The van der Waals surface area contributed by atoms with Gasteiger partial charge in [-0.2, -0.15) is 0 Å². The minimum atomic E-state index is -0.0668. The molecule has 4 heteroatoms. The van der Waals surface area contributed by atoms with Crippen LogP contribution in [-0.2, 0) is 0 Å². The van der Waals surface area contributed by atoms with Gasteiger partial charge >= 0.3 is 0 Å². The van der Waals surface area contributed by atoms with Gasteiger partial charge in [-0.05, 0) is 67.6 Å². The molecule has 19 heavy (non-hydrogen) atoms. The lowest BCUT2D eigenvalue weighted by atomic mass is 10.1. The molecular weight excluding hydrogens is 353 g/mol. The predicted molar refractivity (Wildman–Crippen MR) is 83.2 cm³/mol. The van der Waals surface area contributed by atoms with Crippen molar-refractivity contribution in [1.29, 1.82) is 0 Å². The normalized spacial score (nSPS) is 12.2. The summed E-state index contributed by atoms with van der Waals surface area (Å²) in [5, 5.41) is 2.99. The van der Waals surface area contributed by atoms with Gasteiger partial charge in [-0.1, -0.05) is 6.07 Å². The Morgan fingerprint density at radius 1 is 1.32 bits per heavy atom. The van der Waals surface area contributed by atoms with Crippen LogP contribution < -0.4 is 5.32 Å². The molecule has 0 radical (unpaired) electrons. The molecule has 1 unspecified atom stereocenters. The molecule has 0 spiro atoms. The molecule has 1 amide bonds. The first-order chi connectivity index (χ1) is 8.97. The van der Waals surface area contributed by atoms with Crippen LogP contribution in [0.4, 0.5) is 0 Å². The van der Waals surface area contributed by atoms with E-state index in [1.54, 1.807) is 0 Å². The fourth-order valence-corrected chi connectivity index (χ4v) is 2.61. The number of nitrogens with one attached hydrogen (secondary N) is 1. The van der Waals surface area contributed by atoms with E-state index in [0.717, 1.165) is 20.7 Å². The molecule has 0 fully saturated rings. The molecule has 0 bridgehead atoms. The molecule has 2 aromatic rings. The summed E-state index contributed by atoms with van der Waals surface area (Å²) in [4.78, 5) is 12.2. The maximum Gasteiger partial charge on any atom is 0.251 e. The third-order valence-electron chi connectivity index (χ3n) is 2.98. The molecular formula is C15H16INO2. The van der Waals surface area contributed by atoms with Crippen LogP contribution >= 0.6 is 22.6 Å². The standard InChI is InChI=1S/C15H16INO2/c1-9-7-14(11(3)19-9)10(2)17-15(18)12-5-4-6-13(16)8-12/h4-8,10H,1-3H3,(H,17,18). The summed E-state index contributed by atoms with van der Waals surface area (Å²) in [7, 11) is 0. The van der Waals surface area contributed by atoms with E-state index >= 15 is 0 Å². The van der Waals surface area contributed by atoms with Crippen molar-refractivity contribution in [1.82, 2.24) is 5.32 Å². The lowest BCUT2D eigenvalue weighted by Crippen LogP contribution is -2.26. The summed E-state index contributed by atoms with van der Waals surface area (Å²) in [6.45, 7) is 5.78. The van der Waals surface area contributed by atoms with E-state index in [0.29, 0.717) is 5.56 Å². The SMILES string of the molecule is Cc1cc(C(C)NC(=O)c2cccc(I)c2)c(C)o1. The van der Waals surface area contributed by atoms with Crippen molar-refractivity contribution in [2.24, 2.45) is 0 Å². The van der Waals surface area contributed by atoms with Crippen molar-refractivity contribution >= 4 is 28.5 Å². The van der Waals surface area contributed by atoms with Crippen LogP contribution in [0.1, 0.15) is 40.4 Å². The Kier molecular flexibility index (Phi) is 4.29. The van der Waals surface area contributed by atoms with Crippen LogP contribution in [0, 0.1) is 17.4 Å². The second kappa shape index (κ2) is 5.77. The van der Waals surface area contributed by atoms with Gasteiger partial charge in [0, 0.05) is 14.7 Å². The third-order valence-corrected chi connectivity index (χ3v) is 3.65. The van der Waals surface area contributed by atoms with Gasteiger partial charge in [0.25, 0.3) is 5.91 Å². The number of benzene rings is 1. The molecule has 1 heterocycles. The number of amides is 1. The molecule has 0 saturated carbocycles. The summed E-state index contributed by atoms with van der Waals surface area (Å²) in [5.41, 5.74) is 1.70. The predicted octanol–water partition coefficient (Wildman–Crippen LogP) is 3.99. The molecule has 0 saturated heterocycles. The van der Waals surface area contributed by atoms with Gasteiger partial charge in [-0.25, -0.2) is 0 Å². The van der Waals surface area contributed by atoms with Crippen LogP contribution in [0.2, 0.25) is 0 Å². The van der Waals surface area contributed by atoms with Crippen LogP contribution in [-0.4, -0.2) is 5.91 Å². The molecule has 0 aliphatic rings. The second-order valence-corrected chi connectivity index (χ2v) is 5.82. The number of hydrogen-bond donors (Lipinski definition) is 1. The topological polar surface area (TPSA) is 42.2 Å². The molecule has 1 aromatic heterocycles. The monoisotopic (exact) mass is 369 g/mol. The minimum absolute atomic E-state index is 0.0655. The summed E-state index contributed by atoms with van der Waals surface area (Å²) in [6.07, 6.45) is 0. The first-order valence-corrected chi connectivity index (χ1v) is 7.18. The molecule has 100 valence electrons. The van der Waals surface area contributed by atoms with Crippen molar-refractivity contribution in [3.63, 3.8) is 0 Å². The maximum atomic E-state index is 12.2. The molecule has 1 aromatic carbocycles. The third kappa shape index (κ3) is 3.37. The molecule has 1 atom stereocenters. The Morgan fingerprint density at radius 2 is 2.05 bits per heavy atom. The highest BCUT2D eigenvalue weighted by molar-refractivity contribution is 14.1. The summed E-state index contributed by atoms with van der Waals surface area (Å²) in [5.74, 6) is 1.65. The zero-order valence-corrected chi connectivity index (χ0v) is 13.3. The van der Waals surface area contributed by atoms with Crippen molar-refractivity contribution in [3.8, 4) is 0 Å². The van der Waals surface area contributed by atoms with E-state index in [1.807, 2.05) is 51.1 Å². The van der Waals surface area contributed by atoms with E-state index < -0.39 is 0 Å². The minimum Gasteiger partial charge on any atom is -0.466 e. The van der Waals surface area contributed by atoms with E-state index in [9.17, 15) is 4.79 Å². The van der Waals surface area contributed by atoms with Crippen LogP contribution in [0.25, 0.3) is 0 Å². The number of carbonyl (C=O) groups excluding carboxylic acids is 1. The first-order valence-electron chi connectivity index (χ1n) is 6.10. The van der Waals surface area contributed by atoms with Gasteiger partial charge < -0.3 is 9.73 Å². The zero-order chi connectivity index (χ0) is 14.0. The lowest BCUT2D eigenvalue weighted by molar-refractivity contribution is 0.0939. The zero-order valence-electron chi connectivity index (χ0n) is 11.2. The Bertz CT molecular complexity index is 604. The smallest absolute Gasteiger partial charge is 0.251 e. The van der Waals surface area contributed by atoms with Crippen LogP contribution in [0.3, 0.4) is 0 Å². The average Bonchev–Trinajstić information content (AvgIpc) is 2.68. The highest BCUT2D eigenvalue weighted by Gasteiger charge is 2.16. The van der Waals surface area contributed by atoms with Crippen molar-refractivity contribution < 1.29 is 9.21 Å². The molecule has 2 rings (SSSR count). The van der Waals surface area contributed by atoms with Gasteiger partial charge in [-0.3, -0.25) is 4.79 Å². The quantitative estimate of drug-likeness (QED) is 0.832. The van der Waals surface area contributed by atoms with Crippen molar-refractivity contribution in [3.05, 3.63) is 56.5 Å². The molecule has 0 aliphatic carbocycles. The van der Waals surface area contributed by atoms with E-state index in [-0.39, 0.29) is 11.9 Å². The summed E-state index contributed by atoms with van der Waals surface area (Å²) in [6, 6.07) is 9.43. The molecule has 3 nitrogen and oxygen atoms in total. The molecule has 1 N–H and O–H groups in total. The fraction of sp³-hybridized carbons (Fsp3) is 0.267. The number of aryl methyl sites for hydroxylation is 2. The van der Waals surface area contributed by atoms with Gasteiger partial charge in [0.15, 0.2) is 0 Å². The number of hydrogen-bond acceptors (Lipinski definition) is 2. The van der Waals surface area contributed by atoms with Crippen LogP contribution in [0.5, 0.6) is 0 Å². The Balaban J connectivity index is 2.13. The Morgan fingerprint density at radius 3 is 2.63 bits per heavy atom. The Hall–Kier alpha value is -1.30. The van der Waals surface area contributed by atoms with Gasteiger partial charge in [0.1, 0.15) is 11.5 Å². The number of carbonyl (C=O) groups is 1. The van der Waals surface area contributed by atoms with Gasteiger partial charge in [0.05, 0.1) is 6.04 Å². The highest BCUT2D eigenvalue weighted by Crippen LogP contribution is 2.21. The fourth-order valence-electron chi connectivity index (χ4n) is 2.07. The summed E-state index contributed by atoms with van der Waals surface area (Å²) < 4.78 is 6.54. The second-order valence-electron chi connectivity index (χ2n) is 4.57.